The molecule has 1 aliphatic carbocycles. The number of nitrogens with one attached hydrogen (secondary N) is 1. The third-order valence-corrected chi connectivity index (χ3v) is 4.77. The first-order valence-electron chi connectivity index (χ1n) is 7.55. The summed E-state index contributed by atoms with van der Waals surface area (Å²) in [6, 6.07) is 7.63. The molecule has 116 valence electrons. The van der Waals surface area contributed by atoms with Crippen LogP contribution in [0.2, 0.25) is 5.02 Å². The van der Waals surface area contributed by atoms with Gasteiger partial charge in [0.1, 0.15) is 0 Å². The van der Waals surface area contributed by atoms with Crippen molar-refractivity contribution in [3.8, 4) is 0 Å². The van der Waals surface area contributed by atoms with Gasteiger partial charge in [0, 0.05) is 18.2 Å². The summed E-state index contributed by atoms with van der Waals surface area (Å²) in [6.45, 7) is 4.82. The molecule has 2 N–H and O–H groups in total. The monoisotopic (exact) mass is 309 g/mol. The van der Waals surface area contributed by atoms with Crippen LogP contribution in [0, 0.1) is 5.41 Å². The van der Waals surface area contributed by atoms with Crippen LogP contribution in [-0.4, -0.2) is 24.2 Å². The van der Waals surface area contributed by atoms with Crippen molar-refractivity contribution < 1.29 is 9.90 Å². The van der Waals surface area contributed by atoms with Gasteiger partial charge in [0.2, 0.25) is 5.91 Å². The summed E-state index contributed by atoms with van der Waals surface area (Å²) in [5.74, 6) is 0.0852. The van der Waals surface area contributed by atoms with Crippen molar-refractivity contribution in [2.75, 3.05) is 13.2 Å². The quantitative estimate of drug-likeness (QED) is 0.847. The third-order valence-electron chi connectivity index (χ3n) is 4.54. The predicted octanol–water partition coefficient (Wildman–Crippen LogP) is 3.29. The van der Waals surface area contributed by atoms with E-state index in [-0.39, 0.29) is 17.9 Å². The lowest BCUT2D eigenvalue weighted by Crippen LogP contribution is -2.51. The third kappa shape index (κ3) is 3.58. The highest BCUT2D eigenvalue weighted by atomic mass is 35.5. The molecule has 0 radical (unpaired) electrons. The minimum atomic E-state index is -0.416. The summed E-state index contributed by atoms with van der Waals surface area (Å²) in [6.07, 6.45) is 3.50. The lowest BCUT2D eigenvalue weighted by Gasteiger charge is -2.41. The molecule has 2 rings (SSSR count). The molecular formula is C17H24ClNO2. The van der Waals surface area contributed by atoms with E-state index in [0.717, 1.165) is 24.8 Å². The fraction of sp³-hybridized carbons (Fsp3) is 0.588. The average Bonchev–Trinajstić information content (AvgIpc) is 2.35. The zero-order valence-corrected chi connectivity index (χ0v) is 13.5. The summed E-state index contributed by atoms with van der Waals surface area (Å²) in [5.41, 5.74) is 0.503. The van der Waals surface area contributed by atoms with Crippen molar-refractivity contribution in [3.63, 3.8) is 0 Å². The van der Waals surface area contributed by atoms with Crippen LogP contribution < -0.4 is 5.32 Å². The Morgan fingerprint density at radius 3 is 2.67 bits per heavy atom. The van der Waals surface area contributed by atoms with Crippen molar-refractivity contribution >= 4 is 17.5 Å². The maximum atomic E-state index is 12.7. The smallest absolute Gasteiger partial charge is 0.230 e. The van der Waals surface area contributed by atoms with E-state index in [0.29, 0.717) is 18.0 Å². The second kappa shape index (κ2) is 6.37. The van der Waals surface area contributed by atoms with Crippen LogP contribution in [0.4, 0.5) is 0 Å². The molecule has 21 heavy (non-hydrogen) atoms. The number of amides is 1. The second-order valence-corrected chi connectivity index (χ2v) is 7.20. The summed E-state index contributed by atoms with van der Waals surface area (Å²) >= 11 is 6.07. The van der Waals surface area contributed by atoms with Gasteiger partial charge < -0.3 is 10.4 Å². The van der Waals surface area contributed by atoms with Gasteiger partial charge in [0.25, 0.3) is 0 Å². The molecule has 0 saturated heterocycles. The first-order valence-corrected chi connectivity index (χ1v) is 7.93. The van der Waals surface area contributed by atoms with Gasteiger partial charge in [-0.25, -0.2) is 0 Å². The highest BCUT2D eigenvalue weighted by Gasteiger charge is 2.45. The molecular weight excluding hydrogens is 286 g/mol. The lowest BCUT2D eigenvalue weighted by atomic mass is 9.63. The van der Waals surface area contributed by atoms with Crippen molar-refractivity contribution in [2.24, 2.45) is 5.41 Å². The van der Waals surface area contributed by atoms with Crippen molar-refractivity contribution in [1.29, 1.82) is 0 Å². The molecule has 4 heteroatoms. The Bertz CT molecular complexity index is 509. The average molecular weight is 310 g/mol. The van der Waals surface area contributed by atoms with E-state index >= 15 is 0 Å². The Kier molecular flexibility index (Phi) is 4.95. The minimum Gasteiger partial charge on any atom is -0.396 e. The number of halogens is 1. The minimum absolute atomic E-state index is 0.0852. The Hall–Kier alpha value is -1.06. The molecule has 1 saturated carbocycles. The van der Waals surface area contributed by atoms with Crippen LogP contribution in [0.1, 0.15) is 45.1 Å². The number of hydrogen-bond donors (Lipinski definition) is 2. The molecule has 0 spiro atoms. The van der Waals surface area contributed by atoms with E-state index in [1.807, 2.05) is 24.3 Å². The topological polar surface area (TPSA) is 49.3 Å². The van der Waals surface area contributed by atoms with E-state index in [1.54, 1.807) is 0 Å². The van der Waals surface area contributed by atoms with Gasteiger partial charge in [-0.1, -0.05) is 44.0 Å². The molecule has 1 fully saturated rings. The molecule has 1 aromatic carbocycles. The van der Waals surface area contributed by atoms with Crippen molar-refractivity contribution in [1.82, 2.24) is 5.32 Å². The number of rotatable bonds is 6. The Morgan fingerprint density at radius 2 is 2.14 bits per heavy atom. The van der Waals surface area contributed by atoms with E-state index in [9.17, 15) is 4.79 Å². The molecule has 0 atom stereocenters. The van der Waals surface area contributed by atoms with E-state index in [4.69, 9.17) is 16.7 Å². The largest absolute Gasteiger partial charge is 0.396 e. The molecule has 1 amide bonds. The van der Waals surface area contributed by atoms with Crippen molar-refractivity contribution in [2.45, 2.75) is 44.9 Å². The lowest BCUT2D eigenvalue weighted by molar-refractivity contribution is -0.130. The standard InChI is InChI=1S/C17H24ClNO2/c1-16(2,9-10-20)12-19-15(21)17(7-4-8-17)13-5-3-6-14(18)11-13/h3,5-6,11,20H,4,7-10,12H2,1-2H3,(H,19,21). The maximum Gasteiger partial charge on any atom is 0.230 e. The van der Waals surface area contributed by atoms with Gasteiger partial charge in [-0.15, -0.1) is 0 Å². The number of carbonyl (C=O) groups is 1. The van der Waals surface area contributed by atoms with Gasteiger partial charge in [0.05, 0.1) is 5.41 Å². The number of aliphatic hydroxyl groups excluding tert-OH is 1. The highest BCUT2D eigenvalue weighted by molar-refractivity contribution is 6.30. The van der Waals surface area contributed by atoms with Crippen LogP contribution >= 0.6 is 11.6 Å². The zero-order valence-electron chi connectivity index (χ0n) is 12.8. The Labute approximate surface area is 131 Å². The van der Waals surface area contributed by atoms with Crippen LogP contribution in [0.3, 0.4) is 0 Å². The summed E-state index contributed by atoms with van der Waals surface area (Å²) in [5, 5.41) is 12.8. The molecule has 3 nitrogen and oxygen atoms in total. The SMILES string of the molecule is CC(C)(CCO)CNC(=O)C1(c2cccc(Cl)c2)CCC1. The van der Waals surface area contributed by atoms with Crippen molar-refractivity contribution in [3.05, 3.63) is 34.9 Å². The summed E-state index contributed by atoms with van der Waals surface area (Å²) in [4.78, 5) is 12.7. The number of hydrogen-bond acceptors (Lipinski definition) is 2. The molecule has 0 heterocycles. The van der Waals surface area contributed by atoms with Gasteiger partial charge in [-0.2, -0.15) is 0 Å². The van der Waals surface area contributed by atoms with E-state index in [1.165, 1.54) is 0 Å². The summed E-state index contributed by atoms with van der Waals surface area (Å²) < 4.78 is 0. The van der Waals surface area contributed by atoms with Crippen LogP contribution in [-0.2, 0) is 10.2 Å². The normalized spacial score (nSPS) is 17.1. The summed E-state index contributed by atoms with van der Waals surface area (Å²) in [7, 11) is 0. The fourth-order valence-corrected chi connectivity index (χ4v) is 3.03. The number of aliphatic hydroxyl groups is 1. The van der Waals surface area contributed by atoms with Gasteiger partial charge in [-0.3, -0.25) is 4.79 Å². The zero-order chi connectivity index (χ0) is 15.5. The Balaban J connectivity index is 2.09. The van der Waals surface area contributed by atoms with Gasteiger partial charge in [-0.05, 0) is 42.4 Å². The van der Waals surface area contributed by atoms with E-state index < -0.39 is 5.41 Å². The van der Waals surface area contributed by atoms with Gasteiger partial charge >= 0.3 is 0 Å². The predicted molar refractivity (Wildman–Crippen MR) is 85.5 cm³/mol. The van der Waals surface area contributed by atoms with Crippen LogP contribution in [0.5, 0.6) is 0 Å². The van der Waals surface area contributed by atoms with Crippen LogP contribution in [0.15, 0.2) is 24.3 Å². The van der Waals surface area contributed by atoms with Crippen LogP contribution in [0.25, 0.3) is 0 Å². The maximum absolute atomic E-state index is 12.7. The second-order valence-electron chi connectivity index (χ2n) is 6.77. The first kappa shape index (κ1) is 16.3. The molecule has 0 aliphatic heterocycles. The molecule has 0 aromatic heterocycles. The van der Waals surface area contributed by atoms with Gasteiger partial charge in [0.15, 0.2) is 0 Å². The number of carbonyl (C=O) groups excluding carboxylic acids is 1. The molecule has 1 aliphatic rings. The fourth-order valence-electron chi connectivity index (χ4n) is 2.84. The molecule has 1 aromatic rings. The molecule has 0 bridgehead atoms. The molecule has 0 unspecified atom stereocenters. The number of benzene rings is 1. The highest BCUT2D eigenvalue weighted by Crippen LogP contribution is 2.44. The Morgan fingerprint density at radius 1 is 1.43 bits per heavy atom. The first-order chi connectivity index (χ1) is 9.89. The van der Waals surface area contributed by atoms with E-state index in [2.05, 4.69) is 19.2 Å².